The van der Waals surface area contributed by atoms with E-state index >= 15 is 0 Å². The van der Waals surface area contributed by atoms with Crippen LogP contribution in [0.5, 0.6) is 5.75 Å². The molecule has 2 bridgehead atoms. The Balaban J connectivity index is 1.59. The summed E-state index contributed by atoms with van der Waals surface area (Å²) in [4.78, 5) is 15.8. The van der Waals surface area contributed by atoms with Crippen molar-refractivity contribution in [2.24, 2.45) is 0 Å². The van der Waals surface area contributed by atoms with Crippen LogP contribution in [-0.2, 0) is 9.84 Å². The number of benzene rings is 1. The predicted molar refractivity (Wildman–Crippen MR) is 115 cm³/mol. The van der Waals surface area contributed by atoms with E-state index in [1.807, 2.05) is 0 Å². The molecule has 3 heterocycles. The van der Waals surface area contributed by atoms with Gasteiger partial charge in [0.05, 0.1) is 21.6 Å². The number of phenols is 1. The highest BCUT2D eigenvalue weighted by molar-refractivity contribution is 7.92. The Morgan fingerprint density at radius 2 is 1.77 bits per heavy atom. The number of carbonyl (C=O) groups excluding carboxylic acids is 1. The lowest BCUT2D eigenvalue weighted by Crippen LogP contribution is -2.43. The van der Waals surface area contributed by atoms with E-state index < -0.39 is 26.9 Å². The number of fused-ring (bicyclic) bond motifs is 2. The van der Waals surface area contributed by atoms with Gasteiger partial charge in [-0.15, -0.1) is 0 Å². The second kappa shape index (κ2) is 8.22. The zero-order valence-electron chi connectivity index (χ0n) is 15.7. The lowest BCUT2D eigenvalue weighted by atomic mass is 10.1. The molecule has 1 aromatic heterocycles. The fourth-order valence-electron chi connectivity index (χ4n) is 4.10. The lowest BCUT2D eigenvalue weighted by Gasteiger charge is -2.29. The van der Waals surface area contributed by atoms with Crippen LogP contribution in [0.4, 0.5) is 16.2 Å². The van der Waals surface area contributed by atoms with Gasteiger partial charge < -0.3 is 21.1 Å². The molecule has 8 nitrogen and oxygen atoms in total. The van der Waals surface area contributed by atoms with Crippen LogP contribution in [0.15, 0.2) is 35.4 Å². The smallest absolute Gasteiger partial charge is 0.323 e. The minimum Gasteiger partial charge on any atom is -0.504 e. The highest BCUT2D eigenvalue weighted by Crippen LogP contribution is 2.42. The molecule has 0 saturated carbocycles. The summed E-state index contributed by atoms with van der Waals surface area (Å²) in [7, 11) is -3.90. The number of aromatic nitrogens is 1. The molecule has 0 aliphatic carbocycles. The molecule has 2 aliphatic heterocycles. The number of nitrogens with one attached hydrogen (secondary N) is 3. The van der Waals surface area contributed by atoms with Gasteiger partial charge in [0.2, 0.25) is 0 Å². The fraction of sp³-hybridized carbons (Fsp3) is 0.368. The quantitative estimate of drug-likeness (QED) is 0.398. The van der Waals surface area contributed by atoms with Gasteiger partial charge in [0.25, 0.3) is 0 Å². The average Bonchev–Trinajstić information content (AvgIpc) is 3.03. The number of urea groups is 1. The van der Waals surface area contributed by atoms with Crippen molar-refractivity contribution in [2.75, 3.05) is 10.6 Å². The molecule has 0 spiro atoms. The summed E-state index contributed by atoms with van der Waals surface area (Å²) in [5.74, 6) is -0.583. The number of phenolic OH excluding ortho intramolecular Hbond substituents is 1. The van der Waals surface area contributed by atoms with Crippen LogP contribution < -0.4 is 16.0 Å². The van der Waals surface area contributed by atoms with Gasteiger partial charge in [0.1, 0.15) is 4.90 Å². The zero-order valence-corrected chi connectivity index (χ0v) is 18.1. The topological polar surface area (TPSA) is 120 Å². The molecule has 4 N–H and O–H groups in total. The maximum absolute atomic E-state index is 13.3. The normalized spacial score (nSPS) is 23.2. The fourth-order valence-corrected chi connectivity index (χ4v) is 6.76. The lowest BCUT2D eigenvalue weighted by molar-refractivity contribution is 0.262. The van der Waals surface area contributed by atoms with E-state index in [1.165, 1.54) is 18.3 Å². The van der Waals surface area contributed by atoms with E-state index in [0.717, 1.165) is 12.8 Å². The first kappa shape index (κ1) is 21.2. The maximum atomic E-state index is 13.3. The number of pyridine rings is 1. The number of hydrogen-bond acceptors (Lipinski definition) is 6. The molecule has 160 valence electrons. The number of piperidine rings is 1. The summed E-state index contributed by atoms with van der Waals surface area (Å²) < 4.78 is 26.6. The zero-order chi connectivity index (χ0) is 21.5. The molecule has 30 heavy (non-hydrogen) atoms. The van der Waals surface area contributed by atoms with Crippen molar-refractivity contribution in [2.45, 2.75) is 47.9 Å². The number of carbonyl (C=O) groups is 1. The van der Waals surface area contributed by atoms with Crippen molar-refractivity contribution in [1.29, 1.82) is 0 Å². The SMILES string of the molecule is O=C(Nc1cccnc1Cl)Nc1ccc(Cl)c(S(=O)(=O)C2CC3CCC(C2)N3)c1O. The molecule has 2 unspecified atom stereocenters. The number of aromatic hydroxyl groups is 1. The average molecular weight is 471 g/mol. The largest absolute Gasteiger partial charge is 0.504 e. The van der Waals surface area contributed by atoms with Crippen molar-refractivity contribution < 1.29 is 18.3 Å². The minimum atomic E-state index is -3.90. The molecule has 2 amide bonds. The van der Waals surface area contributed by atoms with Crippen molar-refractivity contribution in [3.8, 4) is 5.75 Å². The molecule has 4 rings (SSSR count). The molecule has 2 aliphatic rings. The summed E-state index contributed by atoms with van der Waals surface area (Å²) >= 11 is 12.1. The van der Waals surface area contributed by atoms with E-state index in [1.54, 1.807) is 12.1 Å². The van der Waals surface area contributed by atoms with Crippen molar-refractivity contribution >= 4 is 50.4 Å². The first-order chi connectivity index (χ1) is 14.3. The summed E-state index contributed by atoms with van der Waals surface area (Å²) in [6.45, 7) is 0. The Morgan fingerprint density at radius 1 is 1.10 bits per heavy atom. The molecule has 2 fully saturated rings. The van der Waals surface area contributed by atoms with Crippen LogP contribution in [-0.4, -0.2) is 41.9 Å². The second-order valence-electron chi connectivity index (χ2n) is 7.47. The monoisotopic (exact) mass is 470 g/mol. The summed E-state index contributed by atoms with van der Waals surface area (Å²) in [5.41, 5.74) is 0.190. The van der Waals surface area contributed by atoms with Crippen LogP contribution in [0.3, 0.4) is 0 Å². The molecular formula is C19H20Cl2N4O4S. The van der Waals surface area contributed by atoms with Gasteiger partial charge in [-0.1, -0.05) is 23.2 Å². The number of rotatable bonds is 4. The third-order valence-electron chi connectivity index (χ3n) is 5.49. The summed E-state index contributed by atoms with van der Waals surface area (Å²) in [6.07, 6.45) is 4.28. The highest BCUT2D eigenvalue weighted by atomic mass is 35.5. The number of amides is 2. The van der Waals surface area contributed by atoms with Crippen LogP contribution in [0, 0.1) is 0 Å². The van der Waals surface area contributed by atoms with Crippen LogP contribution in [0.2, 0.25) is 10.2 Å². The number of hydrogen-bond donors (Lipinski definition) is 4. The summed E-state index contributed by atoms with van der Waals surface area (Å²) in [6, 6.07) is 5.42. The standard InChI is InChI=1S/C19H20Cl2N4O4S/c20-13-5-6-14(24-19(27)25-15-2-1-7-22-18(15)21)16(26)17(13)30(28,29)12-8-10-3-4-11(9-12)23-10/h1-2,5-7,10-12,23,26H,3-4,8-9H2,(H2,24,25,27). The Bertz CT molecular complexity index is 1080. The Labute approximate surface area is 183 Å². The Kier molecular flexibility index (Phi) is 5.80. The van der Waals surface area contributed by atoms with Gasteiger partial charge in [0, 0.05) is 18.3 Å². The molecule has 11 heteroatoms. The number of anilines is 2. The van der Waals surface area contributed by atoms with Crippen molar-refractivity contribution in [1.82, 2.24) is 10.3 Å². The van der Waals surface area contributed by atoms with Gasteiger partial charge in [-0.25, -0.2) is 18.2 Å². The summed E-state index contributed by atoms with van der Waals surface area (Å²) in [5, 5.41) is 18.4. The Morgan fingerprint density at radius 3 is 2.43 bits per heavy atom. The first-order valence-corrected chi connectivity index (χ1v) is 11.8. The van der Waals surface area contributed by atoms with Crippen LogP contribution >= 0.6 is 23.2 Å². The van der Waals surface area contributed by atoms with E-state index in [9.17, 15) is 18.3 Å². The third kappa shape index (κ3) is 4.07. The number of halogens is 2. The Hall–Kier alpha value is -2.07. The molecular weight excluding hydrogens is 451 g/mol. The van der Waals surface area contributed by atoms with E-state index in [-0.39, 0.29) is 38.5 Å². The molecule has 0 radical (unpaired) electrons. The van der Waals surface area contributed by atoms with Crippen molar-refractivity contribution in [3.05, 3.63) is 40.6 Å². The van der Waals surface area contributed by atoms with Gasteiger partial charge in [-0.2, -0.15) is 0 Å². The van der Waals surface area contributed by atoms with E-state index in [0.29, 0.717) is 12.8 Å². The van der Waals surface area contributed by atoms with Crippen molar-refractivity contribution in [3.63, 3.8) is 0 Å². The molecule has 2 aromatic rings. The second-order valence-corrected chi connectivity index (χ2v) is 10.4. The van der Waals surface area contributed by atoms with Gasteiger partial charge in [-0.3, -0.25) is 0 Å². The molecule has 2 saturated heterocycles. The predicted octanol–water partition coefficient (Wildman–Crippen LogP) is 3.79. The minimum absolute atomic E-state index is 0.0765. The molecule has 2 atom stereocenters. The molecule has 1 aromatic carbocycles. The van der Waals surface area contributed by atoms with Gasteiger partial charge in [0.15, 0.2) is 20.7 Å². The number of nitrogens with zero attached hydrogens (tertiary/aromatic N) is 1. The van der Waals surface area contributed by atoms with E-state index in [2.05, 4.69) is 20.9 Å². The third-order valence-corrected chi connectivity index (χ3v) is 8.47. The van der Waals surface area contributed by atoms with Gasteiger partial charge >= 0.3 is 6.03 Å². The first-order valence-electron chi connectivity index (χ1n) is 9.45. The highest BCUT2D eigenvalue weighted by Gasteiger charge is 2.42. The van der Waals surface area contributed by atoms with Crippen LogP contribution in [0.1, 0.15) is 25.7 Å². The number of sulfone groups is 1. The van der Waals surface area contributed by atoms with Crippen LogP contribution in [0.25, 0.3) is 0 Å². The maximum Gasteiger partial charge on any atom is 0.323 e. The van der Waals surface area contributed by atoms with E-state index in [4.69, 9.17) is 23.2 Å². The van der Waals surface area contributed by atoms with Gasteiger partial charge in [-0.05, 0) is 49.9 Å².